The van der Waals surface area contributed by atoms with E-state index in [2.05, 4.69) is 4.98 Å². The van der Waals surface area contributed by atoms with Crippen LogP contribution in [0, 0.1) is 5.82 Å². The topological polar surface area (TPSA) is 26.0 Å². The molecule has 4 rings (SSSR count). The predicted molar refractivity (Wildman–Crippen MR) is 76.9 cm³/mol. The maximum Gasteiger partial charge on any atom is 0.227 e. The second kappa shape index (κ2) is 4.17. The van der Waals surface area contributed by atoms with Crippen LogP contribution >= 0.6 is 0 Å². The van der Waals surface area contributed by atoms with E-state index in [0.717, 1.165) is 16.3 Å². The molecule has 0 bridgehead atoms. The number of halogens is 1. The van der Waals surface area contributed by atoms with E-state index in [0.29, 0.717) is 17.0 Å². The van der Waals surface area contributed by atoms with Crippen molar-refractivity contribution in [2.24, 2.45) is 0 Å². The van der Waals surface area contributed by atoms with Gasteiger partial charge in [0.15, 0.2) is 5.58 Å². The van der Waals surface area contributed by atoms with Gasteiger partial charge in [-0.3, -0.25) is 0 Å². The van der Waals surface area contributed by atoms with E-state index in [1.165, 1.54) is 12.1 Å². The monoisotopic (exact) mass is 263 g/mol. The third kappa shape index (κ3) is 1.67. The van der Waals surface area contributed by atoms with Gasteiger partial charge in [-0.1, -0.05) is 36.4 Å². The number of hydrogen-bond donors (Lipinski definition) is 0. The molecule has 0 unspecified atom stereocenters. The highest BCUT2D eigenvalue weighted by Crippen LogP contribution is 2.30. The van der Waals surface area contributed by atoms with Crippen molar-refractivity contribution in [1.29, 1.82) is 0 Å². The van der Waals surface area contributed by atoms with E-state index in [1.54, 1.807) is 6.07 Å². The van der Waals surface area contributed by atoms with Crippen molar-refractivity contribution >= 4 is 21.9 Å². The van der Waals surface area contributed by atoms with E-state index in [1.807, 2.05) is 42.5 Å². The molecule has 96 valence electrons. The molecular weight excluding hydrogens is 253 g/mol. The van der Waals surface area contributed by atoms with Crippen LogP contribution in [0.25, 0.3) is 33.3 Å². The molecule has 0 saturated heterocycles. The predicted octanol–water partition coefficient (Wildman–Crippen LogP) is 4.79. The van der Waals surface area contributed by atoms with E-state index < -0.39 is 0 Å². The zero-order valence-electron chi connectivity index (χ0n) is 10.5. The molecule has 20 heavy (non-hydrogen) atoms. The lowest BCUT2D eigenvalue weighted by molar-refractivity contribution is 0.614. The van der Waals surface area contributed by atoms with Crippen molar-refractivity contribution in [3.05, 3.63) is 66.5 Å². The fourth-order valence-electron chi connectivity index (χ4n) is 2.43. The van der Waals surface area contributed by atoms with Gasteiger partial charge in [-0.15, -0.1) is 0 Å². The summed E-state index contributed by atoms with van der Waals surface area (Å²) >= 11 is 0. The number of nitrogens with zero attached hydrogens (tertiary/aromatic N) is 1. The Kier molecular flexibility index (Phi) is 2.33. The molecule has 0 aliphatic rings. The first kappa shape index (κ1) is 11.2. The second-order valence-corrected chi connectivity index (χ2v) is 4.66. The number of fused-ring (bicyclic) bond motifs is 2. The maximum atomic E-state index is 13.2. The largest absolute Gasteiger partial charge is 0.436 e. The lowest BCUT2D eigenvalue weighted by Gasteiger charge is -2.01. The smallest absolute Gasteiger partial charge is 0.227 e. The van der Waals surface area contributed by atoms with Gasteiger partial charge in [0, 0.05) is 11.6 Å². The molecule has 0 atom stereocenters. The minimum Gasteiger partial charge on any atom is -0.436 e. The molecule has 0 spiro atoms. The van der Waals surface area contributed by atoms with E-state index in [4.69, 9.17) is 4.42 Å². The Morgan fingerprint density at radius 1 is 0.900 bits per heavy atom. The Balaban J connectivity index is 2.01. The van der Waals surface area contributed by atoms with Crippen LogP contribution in [-0.2, 0) is 0 Å². The van der Waals surface area contributed by atoms with Crippen molar-refractivity contribution in [2.45, 2.75) is 0 Å². The van der Waals surface area contributed by atoms with Gasteiger partial charge in [0.1, 0.15) is 11.3 Å². The van der Waals surface area contributed by atoms with Gasteiger partial charge < -0.3 is 4.42 Å². The maximum absolute atomic E-state index is 13.2. The summed E-state index contributed by atoms with van der Waals surface area (Å²) in [5.41, 5.74) is 2.04. The lowest BCUT2D eigenvalue weighted by atomic mass is 10.0. The van der Waals surface area contributed by atoms with Crippen LogP contribution in [0.4, 0.5) is 4.39 Å². The van der Waals surface area contributed by atoms with Crippen molar-refractivity contribution in [3.63, 3.8) is 0 Å². The summed E-state index contributed by atoms with van der Waals surface area (Å²) in [6.45, 7) is 0. The summed E-state index contributed by atoms with van der Waals surface area (Å²) in [7, 11) is 0. The molecule has 0 saturated carbocycles. The SMILES string of the molecule is Fc1ccc2oc(-c3cccc4ccccc34)nc2c1. The van der Waals surface area contributed by atoms with Gasteiger partial charge in [-0.2, -0.15) is 0 Å². The molecule has 1 heterocycles. The fraction of sp³-hybridized carbons (Fsp3) is 0. The zero-order chi connectivity index (χ0) is 13.5. The van der Waals surface area contributed by atoms with Gasteiger partial charge >= 0.3 is 0 Å². The lowest BCUT2D eigenvalue weighted by Crippen LogP contribution is -1.80. The average molecular weight is 263 g/mol. The first-order chi connectivity index (χ1) is 9.81. The molecule has 0 radical (unpaired) electrons. The highest BCUT2D eigenvalue weighted by molar-refractivity contribution is 5.95. The van der Waals surface area contributed by atoms with Gasteiger partial charge in [-0.25, -0.2) is 9.37 Å². The van der Waals surface area contributed by atoms with Crippen molar-refractivity contribution in [3.8, 4) is 11.5 Å². The van der Waals surface area contributed by atoms with E-state index in [-0.39, 0.29) is 5.82 Å². The third-order valence-corrected chi connectivity index (χ3v) is 3.37. The van der Waals surface area contributed by atoms with E-state index in [9.17, 15) is 4.39 Å². The van der Waals surface area contributed by atoms with Crippen molar-refractivity contribution in [2.75, 3.05) is 0 Å². The minimum atomic E-state index is -0.310. The fourth-order valence-corrected chi connectivity index (χ4v) is 2.43. The first-order valence-electron chi connectivity index (χ1n) is 6.35. The Bertz CT molecular complexity index is 921. The van der Waals surface area contributed by atoms with Crippen molar-refractivity contribution in [1.82, 2.24) is 4.98 Å². The quantitative estimate of drug-likeness (QED) is 0.493. The number of hydrogen-bond acceptors (Lipinski definition) is 2. The molecule has 1 aromatic heterocycles. The van der Waals surface area contributed by atoms with Gasteiger partial charge in [-0.05, 0) is 29.0 Å². The van der Waals surface area contributed by atoms with Crippen LogP contribution in [-0.4, -0.2) is 4.98 Å². The number of aromatic nitrogens is 1. The van der Waals surface area contributed by atoms with Gasteiger partial charge in [0.2, 0.25) is 5.89 Å². The summed E-state index contributed by atoms with van der Waals surface area (Å²) in [6, 6.07) is 18.4. The highest BCUT2D eigenvalue weighted by atomic mass is 19.1. The molecule has 3 heteroatoms. The van der Waals surface area contributed by atoms with Crippen LogP contribution < -0.4 is 0 Å². The molecule has 0 N–H and O–H groups in total. The third-order valence-electron chi connectivity index (χ3n) is 3.37. The van der Waals surface area contributed by atoms with Crippen LogP contribution in [0.5, 0.6) is 0 Å². The standard InChI is InChI=1S/C17H10FNO/c18-12-8-9-16-15(10-12)19-17(20-16)14-7-3-5-11-4-1-2-6-13(11)14/h1-10H. The van der Waals surface area contributed by atoms with Crippen LogP contribution in [0.15, 0.2) is 65.1 Å². The summed E-state index contributed by atoms with van der Waals surface area (Å²) in [6.07, 6.45) is 0. The molecule has 0 amide bonds. The van der Waals surface area contributed by atoms with E-state index >= 15 is 0 Å². The zero-order valence-corrected chi connectivity index (χ0v) is 10.5. The molecular formula is C17H10FNO. The van der Waals surface area contributed by atoms with Crippen molar-refractivity contribution < 1.29 is 8.81 Å². The van der Waals surface area contributed by atoms with Crippen LogP contribution in [0.2, 0.25) is 0 Å². The Morgan fingerprint density at radius 2 is 1.75 bits per heavy atom. The minimum absolute atomic E-state index is 0.310. The average Bonchev–Trinajstić information content (AvgIpc) is 2.89. The summed E-state index contributed by atoms with van der Waals surface area (Å²) in [5, 5.41) is 2.19. The number of benzene rings is 3. The summed E-state index contributed by atoms with van der Waals surface area (Å²) in [5.74, 6) is 0.206. The number of rotatable bonds is 1. The van der Waals surface area contributed by atoms with Crippen LogP contribution in [0.1, 0.15) is 0 Å². The normalized spacial score (nSPS) is 11.2. The van der Waals surface area contributed by atoms with Gasteiger partial charge in [0.05, 0.1) is 0 Å². The highest BCUT2D eigenvalue weighted by Gasteiger charge is 2.11. The molecule has 0 aliphatic heterocycles. The molecule has 3 aromatic carbocycles. The Labute approximate surface area is 114 Å². The summed E-state index contributed by atoms with van der Waals surface area (Å²) < 4.78 is 19.0. The molecule has 0 aliphatic carbocycles. The molecule has 0 fully saturated rings. The Morgan fingerprint density at radius 3 is 2.70 bits per heavy atom. The summed E-state index contributed by atoms with van der Waals surface area (Å²) in [4.78, 5) is 4.39. The Hall–Kier alpha value is -2.68. The second-order valence-electron chi connectivity index (χ2n) is 4.66. The molecule has 2 nitrogen and oxygen atoms in total. The van der Waals surface area contributed by atoms with Crippen LogP contribution in [0.3, 0.4) is 0 Å². The van der Waals surface area contributed by atoms with Gasteiger partial charge in [0.25, 0.3) is 0 Å². The number of oxazole rings is 1. The first-order valence-corrected chi connectivity index (χ1v) is 6.35. The molecule has 4 aromatic rings.